The lowest BCUT2D eigenvalue weighted by atomic mass is 10.0. The highest BCUT2D eigenvalue weighted by Gasteiger charge is 2.24. The molecule has 1 N–H and O–H groups in total. The number of rotatable bonds is 2. The van der Waals surface area contributed by atoms with E-state index in [2.05, 4.69) is 11.4 Å². The average molecular weight is 354 g/mol. The van der Waals surface area contributed by atoms with Crippen molar-refractivity contribution < 1.29 is 9.59 Å². The molecule has 1 aromatic rings. The number of benzene rings is 1. The van der Waals surface area contributed by atoms with E-state index < -0.39 is 0 Å². The molecule has 1 atom stereocenters. The van der Waals surface area contributed by atoms with Crippen molar-refractivity contribution in [1.29, 1.82) is 5.26 Å². The molecule has 6 nitrogen and oxygen atoms in total. The molecule has 2 aliphatic heterocycles. The number of hydrogen-bond acceptors (Lipinski definition) is 3. The fraction of sp³-hybridized carbons (Fsp3) is 0.550. The summed E-state index contributed by atoms with van der Waals surface area (Å²) in [6, 6.07) is 9.18. The maximum absolute atomic E-state index is 12.7. The van der Waals surface area contributed by atoms with Gasteiger partial charge in [0.2, 0.25) is 0 Å². The SMILES string of the molecule is N#C[C@@H]1CCCN(C(=O)Nc2cccc(C(=O)N3CCCCCC3)c2)C1. The number of urea groups is 1. The summed E-state index contributed by atoms with van der Waals surface area (Å²) in [5, 5.41) is 11.9. The maximum atomic E-state index is 12.7. The smallest absolute Gasteiger partial charge is 0.321 e. The van der Waals surface area contributed by atoms with Gasteiger partial charge in [-0.05, 0) is 43.9 Å². The van der Waals surface area contributed by atoms with E-state index in [9.17, 15) is 9.59 Å². The molecule has 2 aliphatic rings. The van der Waals surface area contributed by atoms with Gasteiger partial charge in [0, 0.05) is 37.4 Å². The summed E-state index contributed by atoms with van der Waals surface area (Å²) in [4.78, 5) is 28.8. The average Bonchev–Trinajstić information content (AvgIpc) is 2.97. The van der Waals surface area contributed by atoms with Crippen LogP contribution in [0.25, 0.3) is 0 Å². The van der Waals surface area contributed by atoms with E-state index >= 15 is 0 Å². The van der Waals surface area contributed by atoms with Crippen molar-refractivity contribution in [2.45, 2.75) is 38.5 Å². The predicted octanol–water partition coefficient (Wildman–Crippen LogP) is 3.47. The molecule has 0 saturated carbocycles. The maximum Gasteiger partial charge on any atom is 0.321 e. The third-order valence-corrected chi connectivity index (χ3v) is 5.15. The third kappa shape index (κ3) is 4.54. The van der Waals surface area contributed by atoms with Crippen molar-refractivity contribution in [3.63, 3.8) is 0 Å². The number of piperidine rings is 1. The Morgan fingerprint density at radius 2 is 1.77 bits per heavy atom. The number of likely N-dealkylation sites (tertiary alicyclic amines) is 2. The minimum absolute atomic E-state index is 0.0329. The van der Waals surface area contributed by atoms with Crippen LogP contribution in [0.15, 0.2) is 24.3 Å². The normalized spacial score (nSPS) is 20.8. The third-order valence-electron chi connectivity index (χ3n) is 5.15. The fourth-order valence-electron chi connectivity index (χ4n) is 3.66. The molecular weight excluding hydrogens is 328 g/mol. The van der Waals surface area contributed by atoms with Gasteiger partial charge >= 0.3 is 6.03 Å². The summed E-state index contributed by atoms with van der Waals surface area (Å²) < 4.78 is 0. The molecule has 138 valence electrons. The van der Waals surface area contributed by atoms with Crippen LogP contribution < -0.4 is 5.32 Å². The number of carbonyl (C=O) groups excluding carboxylic acids is 2. The highest BCUT2D eigenvalue weighted by Crippen LogP contribution is 2.19. The van der Waals surface area contributed by atoms with E-state index in [-0.39, 0.29) is 17.9 Å². The number of anilines is 1. The van der Waals surface area contributed by atoms with Gasteiger partial charge in [0.15, 0.2) is 0 Å². The molecule has 2 fully saturated rings. The Morgan fingerprint density at radius 1 is 1.04 bits per heavy atom. The van der Waals surface area contributed by atoms with Gasteiger partial charge < -0.3 is 15.1 Å². The predicted molar refractivity (Wildman–Crippen MR) is 99.7 cm³/mol. The monoisotopic (exact) mass is 354 g/mol. The van der Waals surface area contributed by atoms with Crippen LogP contribution in [0.4, 0.5) is 10.5 Å². The molecule has 0 aromatic heterocycles. The molecule has 2 saturated heterocycles. The lowest BCUT2D eigenvalue weighted by Gasteiger charge is -2.29. The molecule has 3 rings (SSSR count). The Kier molecular flexibility index (Phi) is 6.11. The van der Waals surface area contributed by atoms with Gasteiger partial charge in [0.05, 0.1) is 12.0 Å². The highest BCUT2D eigenvalue weighted by molar-refractivity contribution is 5.97. The van der Waals surface area contributed by atoms with Crippen LogP contribution in [-0.4, -0.2) is 47.9 Å². The zero-order valence-corrected chi connectivity index (χ0v) is 15.1. The van der Waals surface area contributed by atoms with E-state index in [0.717, 1.165) is 38.8 Å². The van der Waals surface area contributed by atoms with Gasteiger partial charge in [0.1, 0.15) is 0 Å². The van der Waals surface area contributed by atoms with Gasteiger partial charge in [-0.3, -0.25) is 4.79 Å². The Balaban J connectivity index is 1.64. The van der Waals surface area contributed by atoms with Gasteiger partial charge in [-0.15, -0.1) is 0 Å². The van der Waals surface area contributed by atoms with Gasteiger partial charge in [-0.1, -0.05) is 18.9 Å². The molecule has 0 spiro atoms. The van der Waals surface area contributed by atoms with Crippen LogP contribution in [0.2, 0.25) is 0 Å². The summed E-state index contributed by atoms with van der Waals surface area (Å²) in [7, 11) is 0. The number of nitrogens with zero attached hydrogens (tertiary/aromatic N) is 3. The molecule has 0 bridgehead atoms. The molecule has 2 heterocycles. The van der Waals surface area contributed by atoms with Crippen molar-refractivity contribution in [3.05, 3.63) is 29.8 Å². The van der Waals surface area contributed by atoms with E-state index in [0.29, 0.717) is 24.3 Å². The lowest BCUT2D eigenvalue weighted by molar-refractivity contribution is 0.0761. The van der Waals surface area contributed by atoms with Crippen LogP contribution in [0.3, 0.4) is 0 Å². The van der Waals surface area contributed by atoms with Crippen LogP contribution in [0, 0.1) is 17.2 Å². The molecule has 6 heteroatoms. The van der Waals surface area contributed by atoms with Crippen LogP contribution in [0.5, 0.6) is 0 Å². The summed E-state index contributed by atoms with van der Waals surface area (Å²) in [5.41, 5.74) is 1.23. The van der Waals surface area contributed by atoms with Crippen molar-refractivity contribution in [2.24, 2.45) is 5.92 Å². The number of nitriles is 1. The topological polar surface area (TPSA) is 76.4 Å². The summed E-state index contributed by atoms with van der Waals surface area (Å²) >= 11 is 0. The Hall–Kier alpha value is -2.55. The molecule has 3 amide bonds. The number of nitrogens with one attached hydrogen (secondary N) is 1. The van der Waals surface area contributed by atoms with Crippen molar-refractivity contribution in [3.8, 4) is 6.07 Å². The van der Waals surface area contributed by atoms with Gasteiger partial charge in [-0.25, -0.2) is 4.79 Å². The lowest BCUT2D eigenvalue weighted by Crippen LogP contribution is -2.42. The van der Waals surface area contributed by atoms with Crippen molar-refractivity contribution in [2.75, 3.05) is 31.5 Å². The Bertz CT molecular complexity index is 689. The van der Waals surface area contributed by atoms with E-state index in [4.69, 9.17) is 5.26 Å². The quantitative estimate of drug-likeness (QED) is 0.883. The summed E-state index contributed by atoms with van der Waals surface area (Å²) in [6.45, 7) is 2.74. The first-order valence-electron chi connectivity index (χ1n) is 9.52. The Morgan fingerprint density at radius 3 is 2.50 bits per heavy atom. The van der Waals surface area contributed by atoms with E-state index in [1.807, 2.05) is 4.90 Å². The first-order chi connectivity index (χ1) is 12.7. The highest BCUT2D eigenvalue weighted by atomic mass is 16.2. The second-order valence-corrected chi connectivity index (χ2v) is 7.13. The van der Waals surface area contributed by atoms with E-state index in [1.165, 1.54) is 12.8 Å². The minimum atomic E-state index is -0.204. The Labute approximate surface area is 154 Å². The first-order valence-corrected chi connectivity index (χ1v) is 9.52. The standard InChI is InChI=1S/C20H26N4O2/c21-14-16-7-6-12-24(15-16)20(26)22-18-9-5-8-17(13-18)19(25)23-10-3-1-2-4-11-23/h5,8-9,13,16H,1-4,6-7,10-12,15H2,(H,22,26)/t16-/m0/s1. The van der Waals surface area contributed by atoms with Crippen LogP contribution in [0.1, 0.15) is 48.9 Å². The molecule has 0 unspecified atom stereocenters. The van der Waals surface area contributed by atoms with Crippen molar-refractivity contribution in [1.82, 2.24) is 9.80 Å². The minimum Gasteiger partial charge on any atom is -0.339 e. The molecule has 26 heavy (non-hydrogen) atoms. The van der Waals surface area contributed by atoms with Crippen LogP contribution >= 0.6 is 0 Å². The zero-order chi connectivity index (χ0) is 18.4. The van der Waals surface area contributed by atoms with E-state index in [1.54, 1.807) is 29.2 Å². The second kappa shape index (κ2) is 8.70. The van der Waals surface area contributed by atoms with Crippen molar-refractivity contribution >= 4 is 17.6 Å². The summed E-state index contributed by atoms with van der Waals surface area (Å²) in [5.74, 6) is -0.0593. The number of hydrogen-bond donors (Lipinski definition) is 1. The van der Waals surface area contributed by atoms with Gasteiger partial charge in [-0.2, -0.15) is 5.26 Å². The molecule has 0 radical (unpaired) electrons. The molecule has 0 aliphatic carbocycles. The number of carbonyl (C=O) groups is 2. The largest absolute Gasteiger partial charge is 0.339 e. The fourth-order valence-corrected chi connectivity index (χ4v) is 3.66. The summed E-state index contributed by atoms with van der Waals surface area (Å²) in [6.07, 6.45) is 6.16. The van der Waals surface area contributed by atoms with Gasteiger partial charge in [0.25, 0.3) is 5.91 Å². The van der Waals surface area contributed by atoms with Crippen LogP contribution in [-0.2, 0) is 0 Å². The molecule has 1 aromatic carbocycles. The number of amides is 3. The molecular formula is C20H26N4O2. The zero-order valence-electron chi connectivity index (χ0n) is 15.1. The second-order valence-electron chi connectivity index (χ2n) is 7.13. The first kappa shape index (κ1) is 18.2.